The predicted molar refractivity (Wildman–Crippen MR) is 234 cm³/mol. The van der Waals surface area contributed by atoms with Crippen LogP contribution in [0, 0.1) is 0 Å². The van der Waals surface area contributed by atoms with Crippen molar-refractivity contribution in [2.75, 3.05) is 0 Å². The van der Waals surface area contributed by atoms with Gasteiger partial charge in [0, 0.05) is 37.4 Å². The van der Waals surface area contributed by atoms with Gasteiger partial charge in [0.05, 0.1) is 33.3 Å². The highest BCUT2D eigenvalue weighted by Crippen LogP contribution is 2.55. The third kappa shape index (κ3) is 4.40. The largest absolute Gasteiger partial charge is 0.358 e. The van der Waals surface area contributed by atoms with E-state index in [0.717, 1.165) is 29.9 Å². The zero-order valence-electron chi connectivity index (χ0n) is 31.0. The zero-order chi connectivity index (χ0) is 36.4. The second kappa shape index (κ2) is 11.5. The average Bonchev–Trinajstić information content (AvgIpc) is 3.86. The van der Waals surface area contributed by atoms with Gasteiger partial charge in [0.2, 0.25) is 0 Å². The van der Waals surface area contributed by atoms with E-state index in [4.69, 9.17) is 4.99 Å². The third-order valence-electron chi connectivity index (χ3n) is 12.8. The Morgan fingerprint density at radius 2 is 1.47 bits per heavy atom. The van der Waals surface area contributed by atoms with Crippen molar-refractivity contribution in [3.63, 3.8) is 0 Å². The number of hydrogen-bond acceptors (Lipinski definition) is 3. The molecule has 4 heteroatoms. The lowest BCUT2D eigenvalue weighted by molar-refractivity contribution is 0.622. The molecule has 2 aliphatic carbocycles. The van der Waals surface area contributed by atoms with E-state index in [1.54, 1.807) is 0 Å². The predicted octanol–water partition coefficient (Wildman–Crippen LogP) is 13.8. The molecule has 55 heavy (non-hydrogen) atoms. The summed E-state index contributed by atoms with van der Waals surface area (Å²) in [7, 11) is 0. The minimum absolute atomic E-state index is 0.153. The molecule has 1 aliphatic heterocycles. The summed E-state index contributed by atoms with van der Waals surface area (Å²) in [4.78, 5) is 6.81. The number of aromatic nitrogens is 1. The fraction of sp³-hybridized carbons (Fsp3) is 0.157. The smallest absolute Gasteiger partial charge is 0.134 e. The number of aliphatic imine (C=N–C) groups is 1. The minimum atomic E-state index is -0.248. The van der Waals surface area contributed by atoms with Gasteiger partial charge in [-0.05, 0) is 99.8 Å². The van der Waals surface area contributed by atoms with Crippen LogP contribution in [0.1, 0.15) is 67.1 Å². The summed E-state index contributed by atoms with van der Waals surface area (Å²) in [6.07, 6.45) is 7.31. The molecule has 3 aliphatic rings. The molecule has 9 aromatic rings. The lowest BCUT2D eigenvalue weighted by Crippen LogP contribution is -2.33. The summed E-state index contributed by atoms with van der Waals surface area (Å²) < 4.78 is 3.85. The number of amidine groups is 1. The van der Waals surface area contributed by atoms with E-state index in [2.05, 4.69) is 163 Å². The first-order chi connectivity index (χ1) is 27.0. The maximum Gasteiger partial charge on any atom is 0.134 e. The Morgan fingerprint density at radius 3 is 2.33 bits per heavy atom. The zero-order valence-corrected chi connectivity index (χ0v) is 31.8. The Morgan fingerprint density at radius 1 is 0.709 bits per heavy atom. The minimum Gasteiger partial charge on any atom is -0.358 e. The maximum atomic E-state index is 5.46. The van der Waals surface area contributed by atoms with Crippen LogP contribution in [-0.4, -0.2) is 10.4 Å². The number of nitrogens with one attached hydrogen (secondary N) is 1. The molecule has 3 heterocycles. The molecule has 0 fully saturated rings. The van der Waals surface area contributed by atoms with Crippen molar-refractivity contribution in [1.29, 1.82) is 0 Å². The highest BCUT2D eigenvalue weighted by molar-refractivity contribution is 7.19. The summed E-state index contributed by atoms with van der Waals surface area (Å²) >= 11 is 1.90. The first-order valence-corrected chi connectivity index (χ1v) is 20.5. The van der Waals surface area contributed by atoms with Gasteiger partial charge in [-0.3, -0.25) is 0 Å². The van der Waals surface area contributed by atoms with Crippen LogP contribution < -0.4 is 5.32 Å². The number of para-hydroxylation sites is 1. The van der Waals surface area contributed by atoms with Crippen LogP contribution in [0.5, 0.6) is 0 Å². The lowest BCUT2D eigenvalue weighted by Gasteiger charge is -2.29. The van der Waals surface area contributed by atoms with Crippen LogP contribution >= 0.6 is 11.3 Å². The highest BCUT2D eigenvalue weighted by atomic mass is 32.1. The molecule has 0 amide bonds. The molecule has 0 radical (unpaired) electrons. The van der Waals surface area contributed by atoms with Crippen molar-refractivity contribution >= 4 is 76.3 Å². The van der Waals surface area contributed by atoms with Gasteiger partial charge in [0.1, 0.15) is 5.84 Å². The summed E-state index contributed by atoms with van der Waals surface area (Å²) in [6, 6.07) is 49.9. The normalized spacial score (nSPS) is 17.3. The summed E-state index contributed by atoms with van der Waals surface area (Å²) in [6.45, 7) is 4.85. The van der Waals surface area contributed by atoms with Gasteiger partial charge in [-0.1, -0.05) is 123 Å². The Hall–Kier alpha value is -5.97. The SMILES string of the molecule is CC1(C)c2cc(C3=Nc4c(sc5ccccc45)C(C4=CCCCC4)N3)ccc2-c2c(-n3c4ccccc4c4c5ccccc5ccc43)cc3ccccc3c21. The van der Waals surface area contributed by atoms with E-state index in [1.807, 2.05) is 11.3 Å². The number of thiophene rings is 1. The third-order valence-corrected chi connectivity index (χ3v) is 14.0. The van der Waals surface area contributed by atoms with Crippen molar-refractivity contribution in [3.05, 3.63) is 167 Å². The lowest BCUT2D eigenvalue weighted by atomic mass is 9.79. The molecule has 0 saturated carbocycles. The number of allylic oxidation sites excluding steroid dienone is 1. The van der Waals surface area contributed by atoms with Crippen molar-refractivity contribution in [2.24, 2.45) is 4.99 Å². The molecular formula is C51H39N3S. The summed E-state index contributed by atoms with van der Waals surface area (Å²) in [5, 5.41) is 13.0. The Labute approximate surface area is 324 Å². The molecule has 1 N–H and O–H groups in total. The van der Waals surface area contributed by atoms with Crippen LogP contribution in [0.2, 0.25) is 0 Å². The van der Waals surface area contributed by atoms with Gasteiger partial charge in [0.15, 0.2) is 0 Å². The van der Waals surface area contributed by atoms with Gasteiger partial charge >= 0.3 is 0 Å². The van der Waals surface area contributed by atoms with Gasteiger partial charge in [-0.25, -0.2) is 4.99 Å². The van der Waals surface area contributed by atoms with E-state index in [-0.39, 0.29) is 11.5 Å². The number of rotatable bonds is 3. The number of hydrogen-bond donors (Lipinski definition) is 1. The van der Waals surface area contributed by atoms with Crippen LogP contribution in [0.15, 0.2) is 150 Å². The van der Waals surface area contributed by atoms with Gasteiger partial charge in [-0.15, -0.1) is 11.3 Å². The molecule has 1 atom stereocenters. The quantitative estimate of drug-likeness (QED) is 0.181. The molecule has 7 aromatic carbocycles. The maximum absolute atomic E-state index is 5.46. The Bertz CT molecular complexity index is 3170. The first kappa shape index (κ1) is 31.4. The molecule has 264 valence electrons. The molecule has 3 nitrogen and oxygen atoms in total. The number of fused-ring (bicyclic) bond motifs is 13. The monoisotopic (exact) mass is 725 g/mol. The molecule has 0 bridgehead atoms. The Balaban J connectivity index is 1.10. The van der Waals surface area contributed by atoms with Crippen LogP contribution in [0.25, 0.3) is 70.3 Å². The number of nitrogens with zero attached hydrogens (tertiary/aromatic N) is 2. The van der Waals surface area contributed by atoms with Gasteiger partial charge in [0.25, 0.3) is 0 Å². The average molecular weight is 726 g/mol. The topological polar surface area (TPSA) is 29.3 Å². The molecule has 1 unspecified atom stereocenters. The molecule has 0 spiro atoms. The van der Waals surface area contributed by atoms with E-state index < -0.39 is 0 Å². The van der Waals surface area contributed by atoms with Crippen LogP contribution in [-0.2, 0) is 5.41 Å². The second-order valence-corrected chi connectivity index (χ2v) is 17.2. The van der Waals surface area contributed by atoms with Crippen LogP contribution in [0.4, 0.5) is 5.69 Å². The molecule has 12 rings (SSSR count). The summed E-state index contributed by atoms with van der Waals surface area (Å²) in [5.41, 5.74) is 12.6. The molecule has 0 saturated heterocycles. The molecular weight excluding hydrogens is 687 g/mol. The Kier molecular flexibility index (Phi) is 6.57. The van der Waals surface area contributed by atoms with Crippen molar-refractivity contribution in [3.8, 4) is 16.8 Å². The second-order valence-electron chi connectivity index (χ2n) is 16.2. The van der Waals surface area contributed by atoms with Crippen molar-refractivity contribution in [1.82, 2.24) is 9.88 Å². The van der Waals surface area contributed by atoms with E-state index in [0.29, 0.717) is 0 Å². The summed E-state index contributed by atoms with van der Waals surface area (Å²) in [5.74, 6) is 0.974. The van der Waals surface area contributed by atoms with E-state index >= 15 is 0 Å². The fourth-order valence-corrected chi connectivity index (χ4v) is 11.5. The van der Waals surface area contributed by atoms with Crippen molar-refractivity contribution < 1.29 is 0 Å². The van der Waals surface area contributed by atoms with Crippen molar-refractivity contribution in [2.45, 2.75) is 51.0 Å². The highest BCUT2D eigenvalue weighted by Gasteiger charge is 2.40. The number of benzene rings is 7. The standard InChI is InChI=1S/C51H39N3S/c1-51(2)39-28-33(50-52-47(31-15-4-3-5-16-31)49-48(53-50)38-21-11-13-23-43(38)55-49)24-26-36(39)45-42(29-32-17-7-9-19-35(32)46(45)51)54-40-22-12-10-20-37(40)44-34-18-8-6-14-30(34)25-27-41(44)54/h6-15,17-29,47H,3-5,16H2,1-2H3,(H,52,53). The molecule has 2 aromatic heterocycles. The van der Waals surface area contributed by atoms with Crippen LogP contribution in [0.3, 0.4) is 0 Å². The first-order valence-electron chi connectivity index (χ1n) is 19.7. The van der Waals surface area contributed by atoms with Gasteiger partial charge < -0.3 is 9.88 Å². The van der Waals surface area contributed by atoms with E-state index in [9.17, 15) is 0 Å². The fourth-order valence-electron chi connectivity index (χ4n) is 10.2. The van der Waals surface area contributed by atoms with E-state index in [1.165, 1.54) is 105 Å². The van der Waals surface area contributed by atoms with Gasteiger partial charge in [-0.2, -0.15) is 0 Å².